The van der Waals surface area contributed by atoms with Gasteiger partial charge in [-0.25, -0.2) is 4.85 Å². The number of fused-ring (bicyclic) bond motifs is 1. The number of hydrogen-bond donors (Lipinski definition) is 1. The number of nitrogens with zero attached hydrogens (tertiary/aromatic N) is 4. The highest BCUT2D eigenvalue weighted by Crippen LogP contribution is 2.44. The van der Waals surface area contributed by atoms with Crippen molar-refractivity contribution in [2.24, 2.45) is 5.92 Å². The van der Waals surface area contributed by atoms with E-state index in [0.29, 0.717) is 17.3 Å². The molecular weight excluding hydrogens is 426 g/mol. The third kappa shape index (κ3) is 4.15. The molecule has 1 N–H and O–H groups in total. The number of carbonyl (C=O) groups is 1. The molecule has 1 saturated heterocycles. The Labute approximate surface area is 199 Å². The minimum absolute atomic E-state index is 0.000749. The monoisotopic (exact) mass is 453 g/mol. The summed E-state index contributed by atoms with van der Waals surface area (Å²) < 4.78 is 7.93. The van der Waals surface area contributed by atoms with Crippen LogP contribution in [0.2, 0.25) is 0 Å². The zero-order valence-electron chi connectivity index (χ0n) is 19.0. The molecule has 2 aromatic carbocycles. The largest absolute Gasteiger partial charge is 0.457 e. The highest BCUT2D eigenvalue weighted by molar-refractivity contribution is 5.87. The van der Waals surface area contributed by atoms with Crippen LogP contribution < -0.4 is 10.1 Å². The number of carbonyl (C=O) groups excluding carboxylic acids is 1. The van der Waals surface area contributed by atoms with Crippen LogP contribution in [0.25, 0.3) is 16.1 Å². The van der Waals surface area contributed by atoms with Gasteiger partial charge in [0.1, 0.15) is 23.0 Å². The number of para-hydroxylation sites is 1. The lowest BCUT2D eigenvalue weighted by atomic mass is 9.87. The molecule has 3 aromatic rings. The predicted molar refractivity (Wildman–Crippen MR) is 132 cm³/mol. The van der Waals surface area contributed by atoms with Crippen LogP contribution in [0.1, 0.15) is 25.3 Å². The first-order chi connectivity index (χ1) is 16.7. The fourth-order valence-electron chi connectivity index (χ4n) is 4.97. The SMILES string of the molecule is [C-]#[N+]c1c(-c2ccc(Oc3ccccc3)cc2)nn2c1NCC[C@H]2C1CCN(C(=O)C=C)CC1. The van der Waals surface area contributed by atoms with Crippen molar-refractivity contribution in [1.82, 2.24) is 14.7 Å². The van der Waals surface area contributed by atoms with E-state index in [2.05, 4.69) is 16.7 Å². The van der Waals surface area contributed by atoms with Crippen LogP contribution in [0, 0.1) is 12.5 Å². The van der Waals surface area contributed by atoms with E-state index in [1.54, 1.807) is 0 Å². The maximum atomic E-state index is 12.0. The van der Waals surface area contributed by atoms with Crippen LogP contribution in [0.5, 0.6) is 11.5 Å². The number of ether oxygens (including phenoxy) is 1. The average Bonchev–Trinajstić information content (AvgIpc) is 3.28. The molecule has 1 aromatic heterocycles. The number of piperidine rings is 1. The summed E-state index contributed by atoms with van der Waals surface area (Å²) >= 11 is 0. The Bertz CT molecular complexity index is 1220. The fraction of sp³-hybridized carbons (Fsp3) is 0.296. The number of rotatable bonds is 5. The van der Waals surface area contributed by atoms with E-state index in [9.17, 15) is 4.79 Å². The molecule has 0 saturated carbocycles. The molecule has 0 spiro atoms. The number of nitrogens with one attached hydrogen (secondary N) is 1. The standard InChI is InChI=1S/C27H27N5O2/c1-3-24(33)31-17-14-19(15-18-31)23-13-16-29-27-26(28-2)25(30-32(23)27)20-9-11-22(12-10-20)34-21-7-5-4-6-8-21/h3-12,19,23,29H,1,13-18H2/t23-/m0/s1. The molecule has 0 aliphatic carbocycles. The number of anilines is 1. The van der Waals surface area contributed by atoms with Gasteiger partial charge in [0.25, 0.3) is 5.69 Å². The first kappa shape index (κ1) is 21.8. The normalized spacial score (nSPS) is 17.9. The molecule has 0 radical (unpaired) electrons. The smallest absolute Gasteiger partial charge is 0.255 e. The Balaban J connectivity index is 1.38. The van der Waals surface area contributed by atoms with Gasteiger partial charge in [-0.3, -0.25) is 9.48 Å². The van der Waals surface area contributed by atoms with Gasteiger partial charge in [-0.2, -0.15) is 5.10 Å². The van der Waals surface area contributed by atoms with Gasteiger partial charge in [0.05, 0.1) is 12.6 Å². The van der Waals surface area contributed by atoms with E-state index in [1.807, 2.05) is 64.2 Å². The van der Waals surface area contributed by atoms with E-state index in [0.717, 1.165) is 61.8 Å². The second-order valence-electron chi connectivity index (χ2n) is 8.69. The third-order valence-corrected chi connectivity index (χ3v) is 6.72. The maximum absolute atomic E-state index is 12.0. The van der Waals surface area contributed by atoms with E-state index in [4.69, 9.17) is 16.4 Å². The van der Waals surface area contributed by atoms with Crippen LogP contribution in [-0.4, -0.2) is 40.2 Å². The highest BCUT2D eigenvalue weighted by Gasteiger charge is 2.34. The summed E-state index contributed by atoms with van der Waals surface area (Å²) in [5.41, 5.74) is 2.14. The number of amides is 1. The molecule has 7 nitrogen and oxygen atoms in total. The Morgan fingerprint density at radius 1 is 1.09 bits per heavy atom. The molecule has 3 heterocycles. The van der Waals surface area contributed by atoms with Gasteiger partial charge in [-0.1, -0.05) is 36.9 Å². The van der Waals surface area contributed by atoms with Crippen LogP contribution in [-0.2, 0) is 4.79 Å². The number of likely N-dealkylation sites (tertiary alicyclic amines) is 1. The lowest BCUT2D eigenvalue weighted by Gasteiger charge is -2.38. The Hall–Kier alpha value is -4.05. The average molecular weight is 454 g/mol. The van der Waals surface area contributed by atoms with Gasteiger partial charge in [-0.05, 0) is 61.1 Å². The van der Waals surface area contributed by atoms with Crippen LogP contribution in [0.3, 0.4) is 0 Å². The topological polar surface area (TPSA) is 63.8 Å². The summed E-state index contributed by atoms with van der Waals surface area (Å²) in [6.07, 6.45) is 4.20. The molecule has 34 heavy (non-hydrogen) atoms. The van der Waals surface area contributed by atoms with E-state index < -0.39 is 0 Å². The second-order valence-corrected chi connectivity index (χ2v) is 8.69. The third-order valence-electron chi connectivity index (χ3n) is 6.72. The quantitative estimate of drug-likeness (QED) is 0.399. The van der Waals surface area contributed by atoms with Crippen LogP contribution >= 0.6 is 0 Å². The Morgan fingerprint density at radius 2 is 1.79 bits per heavy atom. The van der Waals surface area contributed by atoms with Crippen molar-refractivity contribution < 1.29 is 9.53 Å². The van der Waals surface area contributed by atoms with Crippen molar-refractivity contribution in [3.8, 4) is 22.8 Å². The van der Waals surface area contributed by atoms with Gasteiger partial charge in [0.2, 0.25) is 5.91 Å². The number of hydrogen-bond acceptors (Lipinski definition) is 4. The minimum Gasteiger partial charge on any atom is -0.457 e. The summed E-state index contributed by atoms with van der Waals surface area (Å²) in [6, 6.07) is 17.6. The first-order valence-corrected chi connectivity index (χ1v) is 11.7. The van der Waals surface area contributed by atoms with Crippen LogP contribution in [0.4, 0.5) is 11.5 Å². The van der Waals surface area contributed by atoms with E-state index in [-0.39, 0.29) is 11.9 Å². The van der Waals surface area contributed by atoms with Gasteiger partial charge in [-0.15, -0.1) is 0 Å². The van der Waals surface area contributed by atoms with Crippen molar-refractivity contribution >= 4 is 17.4 Å². The van der Waals surface area contributed by atoms with Crippen molar-refractivity contribution in [2.45, 2.75) is 25.3 Å². The molecule has 5 rings (SSSR count). The second kappa shape index (κ2) is 9.44. The summed E-state index contributed by atoms with van der Waals surface area (Å²) in [4.78, 5) is 17.7. The summed E-state index contributed by atoms with van der Waals surface area (Å²) in [5.74, 6) is 2.74. The van der Waals surface area contributed by atoms with E-state index >= 15 is 0 Å². The zero-order chi connectivity index (χ0) is 23.5. The summed E-state index contributed by atoms with van der Waals surface area (Å²) in [6.45, 7) is 13.7. The number of benzene rings is 2. The minimum atomic E-state index is 0.000749. The first-order valence-electron chi connectivity index (χ1n) is 11.7. The van der Waals surface area contributed by atoms with E-state index in [1.165, 1.54) is 6.08 Å². The number of aromatic nitrogens is 2. The van der Waals surface area contributed by atoms with Crippen molar-refractivity contribution in [3.05, 3.63) is 78.7 Å². The van der Waals surface area contributed by atoms with Gasteiger partial charge in [0, 0.05) is 19.6 Å². The van der Waals surface area contributed by atoms with Crippen molar-refractivity contribution in [3.63, 3.8) is 0 Å². The van der Waals surface area contributed by atoms with Crippen LogP contribution in [0.15, 0.2) is 67.3 Å². The molecule has 1 atom stereocenters. The lowest BCUT2D eigenvalue weighted by Crippen LogP contribution is -2.41. The Morgan fingerprint density at radius 3 is 2.47 bits per heavy atom. The molecule has 1 fully saturated rings. The molecule has 7 heteroatoms. The molecule has 1 amide bonds. The highest BCUT2D eigenvalue weighted by atomic mass is 16.5. The molecule has 2 aliphatic rings. The van der Waals surface area contributed by atoms with Crippen molar-refractivity contribution in [2.75, 3.05) is 25.0 Å². The molecule has 0 bridgehead atoms. The lowest BCUT2D eigenvalue weighted by molar-refractivity contribution is -0.127. The molecule has 0 unspecified atom stereocenters. The molecular formula is C27H27N5O2. The molecule has 172 valence electrons. The molecule has 2 aliphatic heterocycles. The summed E-state index contributed by atoms with van der Waals surface area (Å²) in [7, 11) is 0. The maximum Gasteiger partial charge on any atom is 0.255 e. The summed E-state index contributed by atoms with van der Waals surface area (Å²) in [5, 5.41) is 8.34. The zero-order valence-corrected chi connectivity index (χ0v) is 19.0. The van der Waals surface area contributed by atoms with Gasteiger partial charge in [0.15, 0.2) is 0 Å². The fourth-order valence-corrected chi connectivity index (χ4v) is 4.97. The Kier molecular flexibility index (Phi) is 6.05. The predicted octanol–water partition coefficient (Wildman–Crippen LogP) is 5.67. The van der Waals surface area contributed by atoms with Gasteiger partial charge < -0.3 is 15.0 Å². The van der Waals surface area contributed by atoms with Gasteiger partial charge >= 0.3 is 0 Å². The van der Waals surface area contributed by atoms with Crippen molar-refractivity contribution in [1.29, 1.82) is 0 Å².